The third-order valence-corrected chi connectivity index (χ3v) is 4.89. The van der Waals surface area contributed by atoms with Gasteiger partial charge in [-0.1, -0.05) is 13.8 Å². The second kappa shape index (κ2) is 8.37. The fourth-order valence-corrected chi connectivity index (χ4v) is 3.38. The predicted octanol–water partition coefficient (Wildman–Crippen LogP) is 4.35. The average molecular weight is 308 g/mol. The van der Waals surface area contributed by atoms with Crippen molar-refractivity contribution in [1.82, 2.24) is 10.2 Å². The maximum absolute atomic E-state index is 12.4. The van der Waals surface area contributed by atoms with Crippen LogP contribution in [0.3, 0.4) is 0 Å². The van der Waals surface area contributed by atoms with E-state index in [9.17, 15) is 13.2 Å². The van der Waals surface area contributed by atoms with Crippen molar-refractivity contribution in [2.24, 2.45) is 0 Å². The number of likely N-dealkylation sites (tertiary alicyclic amines) is 1. The summed E-state index contributed by atoms with van der Waals surface area (Å²) in [6, 6.07) is 0.142. The average Bonchev–Trinajstić information content (AvgIpc) is 2.95. The molecule has 1 heterocycles. The summed E-state index contributed by atoms with van der Waals surface area (Å²) in [6.07, 6.45) is 0.505. The van der Waals surface area contributed by atoms with E-state index in [4.69, 9.17) is 0 Å². The summed E-state index contributed by atoms with van der Waals surface area (Å²) in [5.74, 6) is 0. The maximum Gasteiger partial charge on any atom is 0.389 e. The number of rotatable bonds is 9. The number of halogens is 3. The van der Waals surface area contributed by atoms with Crippen molar-refractivity contribution in [3.8, 4) is 0 Å². The molecule has 1 saturated heterocycles. The lowest BCUT2D eigenvalue weighted by atomic mass is 9.84. The summed E-state index contributed by atoms with van der Waals surface area (Å²) in [4.78, 5) is 2.48. The molecule has 126 valence electrons. The van der Waals surface area contributed by atoms with Gasteiger partial charge in [0.2, 0.25) is 0 Å². The fourth-order valence-electron chi connectivity index (χ4n) is 3.38. The topological polar surface area (TPSA) is 15.3 Å². The van der Waals surface area contributed by atoms with Gasteiger partial charge in [0.1, 0.15) is 0 Å². The van der Waals surface area contributed by atoms with Gasteiger partial charge in [-0.2, -0.15) is 13.2 Å². The van der Waals surface area contributed by atoms with E-state index < -0.39 is 12.6 Å². The minimum absolute atomic E-state index is 0.0305. The van der Waals surface area contributed by atoms with Gasteiger partial charge in [-0.25, -0.2) is 0 Å². The molecule has 0 radical (unpaired) electrons. The van der Waals surface area contributed by atoms with Crippen molar-refractivity contribution in [3.63, 3.8) is 0 Å². The first-order chi connectivity index (χ1) is 9.83. The van der Waals surface area contributed by atoms with E-state index >= 15 is 0 Å². The highest BCUT2D eigenvalue weighted by Crippen LogP contribution is 2.31. The van der Waals surface area contributed by atoms with E-state index in [1.54, 1.807) is 0 Å². The second-order valence-electron chi connectivity index (χ2n) is 6.42. The largest absolute Gasteiger partial charge is 0.389 e. The summed E-state index contributed by atoms with van der Waals surface area (Å²) in [5.41, 5.74) is -0.0305. The first-order valence-corrected chi connectivity index (χ1v) is 8.38. The molecule has 0 aromatic heterocycles. The van der Waals surface area contributed by atoms with Crippen molar-refractivity contribution in [3.05, 3.63) is 0 Å². The number of hydrogen-bond donors (Lipinski definition) is 1. The fraction of sp³-hybridized carbons (Fsp3) is 1.00. The third kappa shape index (κ3) is 5.78. The first-order valence-electron chi connectivity index (χ1n) is 8.38. The van der Waals surface area contributed by atoms with Crippen LogP contribution in [0, 0.1) is 0 Å². The monoisotopic (exact) mass is 308 g/mol. The molecule has 1 rings (SSSR count). The van der Waals surface area contributed by atoms with Crippen molar-refractivity contribution < 1.29 is 13.2 Å². The lowest BCUT2D eigenvalue weighted by molar-refractivity contribution is -0.136. The van der Waals surface area contributed by atoms with Crippen LogP contribution in [0.5, 0.6) is 0 Å². The normalized spacial score (nSPS) is 21.4. The molecule has 2 atom stereocenters. The molecule has 0 aliphatic carbocycles. The van der Waals surface area contributed by atoms with Crippen LogP contribution in [0.15, 0.2) is 0 Å². The molecule has 0 amide bonds. The van der Waals surface area contributed by atoms with Crippen LogP contribution in [0.4, 0.5) is 13.2 Å². The van der Waals surface area contributed by atoms with Crippen LogP contribution in [0.1, 0.15) is 65.7 Å². The molecule has 1 aliphatic rings. The van der Waals surface area contributed by atoms with Crippen LogP contribution in [-0.2, 0) is 0 Å². The standard InChI is InChI=1S/C16H31F3N2/c1-4-11-20-14(9-8-10-16(17,18)19)15(3,5-2)21-12-6-7-13-21/h14,20H,4-13H2,1-3H3. The molecule has 0 aromatic carbocycles. The summed E-state index contributed by atoms with van der Waals surface area (Å²) in [7, 11) is 0. The number of hydrogen-bond acceptors (Lipinski definition) is 2. The highest BCUT2D eigenvalue weighted by Gasteiger charge is 2.39. The van der Waals surface area contributed by atoms with E-state index in [1.165, 1.54) is 12.8 Å². The Morgan fingerprint density at radius 3 is 2.24 bits per heavy atom. The van der Waals surface area contributed by atoms with E-state index in [0.29, 0.717) is 6.42 Å². The molecular formula is C16H31F3N2. The zero-order valence-electron chi connectivity index (χ0n) is 13.7. The molecule has 0 spiro atoms. The SMILES string of the molecule is CCCNC(CCCC(F)(F)F)C(C)(CC)N1CCCC1. The van der Waals surface area contributed by atoms with Crippen LogP contribution in [-0.4, -0.2) is 42.3 Å². The highest BCUT2D eigenvalue weighted by atomic mass is 19.4. The lowest BCUT2D eigenvalue weighted by Crippen LogP contribution is -2.58. The highest BCUT2D eigenvalue weighted by molar-refractivity contribution is 4.97. The van der Waals surface area contributed by atoms with Gasteiger partial charge in [-0.3, -0.25) is 4.90 Å². The first kappa shape index (κ1) is 18.8. The van der Waals surface area contributed by atoms with Crippen LogP contribution in [0.25, 0.3) is 0 Å². The number of nitrogens with one attached hydrogen (secondary N) is 1. The van der Waals surface area contributed by atoms with E-state index in [1.807, 2.05) is 0 Å². The number of alkyl halides is 3. The van der Waals surface area contributed by atoms with Crippen LogP contribution in [0.2, 0.25) is 0 Å². The summed E-state index contributed by atoms with van der Waals surface area (Å²) < 4.78 is 37.2. The van der Waals surface area contributed by atoms with Crippen molar-refractivity contribution in [1.29, 1.82) is 0 Å². The summed E-state index contributed by atoms with van der Waals surface area (Å²) >= 11 is 0. The van der Waals surface area contributed by atoms with E-state index in [2.05, 4.69) is 31.0 Å². The molecule has 1 aliphatic heterocycles. The van der Waals surface area contributed by atoms with Crippen LogP contribution >= 0.6 is 0 Å². The minimum Gasteiger partial charge on any atom is -0.312 e. The molecule has 5 heteroatoms. The smallest absolute Gasteiger partial charge is 0.312 e. The molecule has 1 fully saturated rings. The molecule has 21 heavy (non-hydrogen) atoms. The van der Waals surface area contributed by atoms with Crippen molar-refractivity contribution in [2.45, 2.75) is 83.5 Å². The predicted molar refractivity (Wildman–Crippen MR) is 81.5 cm³/mol. The molecule has 0 bridgehead atoms. The molecule has 2 nitrogen and oxygen atoms in total. The van der Waals surface area contributed by atoms with Gasteiger partial charge in [0.05, 0.1) is 0 Å². The Labute approximate surface area is 127 Å². The Balaban J connectivity index is 2.68. The summed E-state index contributed by atoms with van der Waals surface area (Å²) in [5, 5.41) is 3.52. The molecule has 2 unspecified atom stereocenters. The van der Waals surface area contributed by atoms with Gasteiger partial charge in [-0.15, -0.1) is 0 Å². The molecule has 0 aromatic rings. The van der Waals surface area contributed by atoms with Gasteiger partial charge in [-0.05, 0) is 65.1 Å². The van der Waals surface area contributed by atoms with Gasteiger partial charge in [0, 0.05) is 18.0 Å². The zero-order chi connectivity index (χ0) is 15.9. The van der Waals surface area contributed by atoms with Crippen LogP contribution < -0.4 is 5.32 Å². The quantitative estimate of drug-likeness (QED) is 0.681. The Bertz CT molecular complexity index is 288. The number of nitrogens with zero attached hydrogens (tertiary/aromatic N) is 1. The maximum atomic E-state index is 12.4. The van der Waals surface area contributed by atoms with Gasteiger partial charge < -0.3 is 5.32 Å². The van der Waals surface area contributed by atoms with E-state index in [0.717, 1.165) is 32.5 Å². The molecule has 0 saturated carbocycles. The Morgan fingerprint density at radius 1 is 1.14 bits per heavy atom. The summed E-state index contributed by atoms with van der Waals surface area (Å²) in [6.45, 7) is 9.50. The Hall–Kier alpha value is -0.290. The third-order valence-electron chi connectivity index (χ3n) is 4.89. The van der Waals surface area contributed by atoms with Gasteiger partial charge in [0.25, 0.3) is 0 Å². The van der Waals surface area contributed by atoms with Crippen molar-refractivity contribution in [2.75, 3.05) is 19.6 Å². The van der Waals surface area contributed by atoms with Gasteiger partial charge in [0.15, 0.2) is 0 Å². The molecule has 1 N–H and O–H groups in total. The lowest BCUT2D eigenvalue weighted by Gasteiger charge is -2.45. The van der Waals surface area contributed by atoms with E-state index in [-0.39, 0.29) is 18.0 Å². The second-order valence-corrected chi connectivity index (χ2v) is 6.42. The van der Waals surface area contributed by atoms with Crippen molar-refractivity contribution >= 4 is 0 Å². The Kier molecular flexibility index (Phi) is 7.48. The minimum atomic E-state index is -4.04. The zero-order valence-corrected chi connectivity index (χ0v) is 13.7. The van der Waals surface area contributed by atoms with Gasteiger partial charge >= 0.3 is 6.18 Å². The molecular weight excluding hydrogens is 277 g/mol. The Morgan fingerprint density at radius 2 is 1.76 bits per heavy atom.